The van der Waals surface area contributed by atoms with Crippen molar-refractivity contribution in [2.45, 2.75) is 51.9 Å². The lowest BCUT2D eigenvalue weighted by molar-refractivity contribution is 0.372. The van der Waals surface area contributed by atoms with E-state index in [0.717, 1.165) is 0 Å². The highest BCUT2D eigenvalue weighted by Crippen LogP contribution is 2.29. The fourth-order valence-corrected chi connectivity index (χ4v) is 2.61. The summed E-state index contributed by atoms with van der Waals surface area (Å²) in [5, 5.41) is 0. The molecule has 4 rings (SSSR count). The summed E-state index contributed by atoms with van der Waals surface area (Å²) in [5.74, 6) is 1.84. The Bertz CT molecular complexity index is 1060. The molecule has 4 heterocycles. The lowest BCUT2D eigenvalue weighted by Crippen LogP contribution is -2.22. The number of hydrogen-bond acceptors (Lipinski definition) is 8. The first kappa shape index (κ1) is 16.6. The van der Waals surface area contributed by atoms with Crippen molar-refractivity contribution < 1.29 is 8.83 Å². The number of aromatic nitrogens is 6. The van der Waals surface area contributed by atoms with Gasteiger partial charge in [-0.2, -0.15) is 9.97 Å². The molecule has 0 bridgehead atoms. The summed E-state index contributed by atoms with van der Waals surface area (Å²) in [6, 6.07) is 0. The Kier molecular flexibility index (Phi) is 3.54. The Hall–Kier alpha value is -2.90. The minimum absolute atomic E-state index is 0.182. The molecular weight excluding hydrogens is 332 g/mol. The summed E-state index contributed by atoms with van der Waals surface area (Å²) >= 11 is 0. The standard InChI is InChI=1S/C18H20N6O2/c1-17(2,3)15-22-10-9-21-11(23-13(10)25-15)8-18(4,5)16-24-12-14(26-16)20-7-6-19-12/h6-7,9H,8H2,1-5H3. The van der Waals surface area contributed by atoms with Crippen LogP contribution in [0.25, 0.3) is 22.6 Å². The van der Waals surface area contributed by atoms with Crippen molar-refractivity contribution in [2.75, 3.05) is 0 Å². The van der Waals surface area contributed by atoms with Gasteiger partial charge in [0.2, 0.25) is 23.1 Å². The van der Waals surface area contributed by atoms with Crippen molar-refractivity contribution in [3.63, 3.8) is 0 Å². The highest BCUT2D eigenvalue weighted by Gasteiger charge is 2.30. The van der Waals surface area contributed by atoms with E-state index in [0.29, 0.717) is 46.6 Å². The molecule has 0 radical (unpaired) electrons. The minimum Gasteiger partial charge on any atom is -0.422 e. The van der Waals surface area contributed by atoms with E-state index in [-0.39, 0.29) is 5.41 Å². The highest BCUT2D eigenvalue weighted by molar-refractivity contribution is 5.66. The van der Waals surface area contributed by atoms with Crippen LogP contribution in [0.15, 0.2) is 27.4 Å². The molecule has 4 aromatic rings. The van der Waals surface area contributed by atoms with Crippen LogP contribution in [0.3, 0.4) is 0 Å². The number of rotatable bonds is 3. The number of fused-ring (bicyclic) bond motifs is 2. The lowest BCUT2D eigenvalue weighted by atomic mass is 9.89. The van der Waals surface area contributed by atoms with Gasteiger partial charge in [-0.3, -0.25) is 0 Å². The van der Waals surface area contributed by atoms with Gasteiger partial charge < -0.3 is 8.83 Å². The van der Waals surface area contributed by atoms with Crippen molar-refractivity contribution in [3.8, 4) is 0 Å². The van der Waals surface area contributed by atoms with Crippen LogP contribution in [0.5, 0.6) is 0 Å². The van der Waals surface area contributed by atoms with Crippen LogP contribution < -0.4 is 0 Å². The van der Waals surface area contributed by atoms with E-state index in [2.05, 4.69) is 29.9 Å². The molecule has 0 saturated heterocycles. The molecule has 0 atom stereocenters. The Morgan fingerprint density at radius 1 is 0.808 bits per heavy atom. The maximum Gasteiger partial charge on any atom is 0.266 e. The largest absolute Gasteiger partial charge is 0.422 e. The Morgan fingerprint density at radius 2 is 1.54 bits per heavy atom. The molecular formula is C18H20N6O2. The van der Waals surface area contributed by atoms with Gasteiger partial charge in [0.1, 0.15) is 11.3 Å². The van der Waals surface area contributed by atoms with Crippen LogP contribution in [0.1, 0.15) is 52.2 Å². The van der Waals surface area contributed by atoms with E-state index in [9.17, 15) is 0 Å². The minimum atomic E-state index is -0.428. The molecule has 134 valence electrons. The summed E-state index contributed by atoms with van der Waals surface area (Å²) in [6.45, 7) is 10.2. The average Bonchev–Trinajstić information content (AvgIpc) is 3.18. The van der Waals surface area contributed by atoms with E-state index >= 15 is 0 Å². The summed E-state index contributed by atoms with van der Waals surface area (Å²) in [4.78, 5) is 26.2. The zero-order valence-electron chi connectivity index (χ0n) is 15.4. The van der Waals surface area contributed by atoms with Crippen LogP contribution in [-0.2, 0) is 17.3 Å². The fraction of sp³-hybridized carbons (Fsp3) is 0.444. The van der Waals surface area contributed by atoms with Gasteiger partial charge in [0, 0.05) is 29.6 Å². The van der Waals surface area contributed by atoms with Crippen LogP contribution in [0, 0.1) is 0 Å². The van der Waals surface area contributed by atoms with Crippen LogP contribution in [0.2, 0.25) is 0 Å². The zero-order valence-corrected chi connectivity index (χ0v) is 15.4. The first-order valence-electron chi connectivity index (χ1n) is 8.43. The molecule has 0 spiro atoms. The molecule has 0 unspecified atom stereocenters. The van der Waals surface area contributed by atoms with Crippen LogP contribution in [0.4, 0.5) is 0 Å². The molecule has 0 N–H and O–H groups in total. The van der Waals surface area contributed by atoms with Crippen molar-refractivity contribution in [2.24, 2.45) is 0 Å². The summed E-state index contributed by atoms with van der Waals surface area (Å²) in [6.07, 6.45) is 5.40. The molecule has 0 aliphatic carbocycles. The third kappa shape index (κ3) is 2.91. The average molecular weight is 352 g/mol. The van der Waals surface area contributed by atoms with Crippen molar-refractivity contribution in [1.82, 2.24) is 29.9 Å². The number of nitrogens with zero attached hydrogens (tertiary/aromatic N) is 6. The molecule has 0 saturated carbocycles. The Balaban J connectivity index is 1.66. The monoisotopic (exact) mass is 352 g/mol. The maximum atomic E-state index is 5.82. The Labute approximate surface area is 150 Å². The summed E-state index contributed by atoms with van der Waals surface area (Å²) in [5.41, 5.74) is 1.47. The first-order valence-corrected chi connectivity index (χ1v) is 8.43. The van der Waals surface area contributed by atoms with Crippen molar-refractivity contribution in [3.05, 3.63) is 36.2 Å². The van der Waals surface area contributed by atoms with Gasteiger partial charge in [0.25, 0.3) is 5.71 Å². The van der Waals surface area contributed by atoms with Gasteiger partial charge in [-0.05, 0) is 0 Å². The van der Waals surface area contributed by atoms with E-state index in [1.165, 1.54) is 0 Å². The lowest BCUT2D eigenvalue weighted by Gasteiger charge is -2.18. The predicted molar refractivity (Wildman–Crippen MR) is 94.6 cm³/mol. The SMILES string of the molecule is CC(C)(C)c1nc2cnc(CC(C)(C)c3nc4nccnc4o3)nc2o1. The Morgan fingerprint density at radius 3 is 2.27 bits per heavy atom. The topological polar surface area (TPSA) is 104 Å². The van der Waals surface area contributed by atoms with Gasteiger partial charge in [0.05, 0.1) is 6.20 Å². The van der Waals surface area contributed by atoms with E-state index < -0.39 is 5.41 Å². The fourth-order valence-electron chi connectivity index (χ4n) is 2.61. The molecule has 8 heteroatoms. The normalized spacial score (nSPS) is 13.0. The third-order valence-corrected chi connectivity index (χ3v) is 4.07. The molecule has 0 aromatic carbocycles. The second-order valence-corrected chi connectivity index (χ2v) is 8.01. The number of oxazole rings is 2. The van der Waals surface area contributed by atoms with Crippen LogP contribution >= 0.6 is 0 Å². The van der Waals surface area contributed by atoms with Gasteiger partial charge in [-0.15, -0.1) is 0 Å². The first-order chi connectivity index (χ1) is 12.2. The molecule has 8 nitrogen and oxygen atoms in total. The second kappa shape index (κ2) is 5.55. The molecule has 0 amide bonds. The van der Waals surface area contributed by atoms with Gasteiger partial charge in [-0.25, -0.2) is 19.9 Å². The van der Waals surface area contributed by atoms with Crippen molar-refractivity contribution in [1.29, 1.82) is 0 Å². The second-order valence-electron chi connectivity index (χ2n) is 8.01. The summed E-state index contributed by atoms with van der Waals surface area (Å²) < 4.78 is 11.6. The molecule has 26 heavy (non-hydrogen) atoms. The third-order valence-electron chi connectivity index (χ3n) is 4.07. The predicted octanol–water partition coefficient (Wildman–Crippen LogP) is 3.37. The summed E-state index contributed by atoms with van der Waals surface area (Å²) in [7, 11) is 0. The van der Waals surface area contributed by atoms with E-state index in [1.807, 2.05) is 34.6 Å². The zero-order chi connectivity index (χ0) is 18.5. The molecule has 4 aromatic heterocycles. The molecule has 0 aliphatic heterocycles. The van der Waals surface area contributed by atoms with Gasteiger partial charge in [0.15, 0.2) is 0 Å². The van der Waals surface area contributed by atoms with E-state index in [1.54, 1.807) is 18.6 Å². The smallest absolute Gasteiger partial charge is 0.266 e. The molecule has 0 aliphatic rings. The van der Waals surface area contributed by atoms with Gasteiger partial charge in [-0.1, -0.05) is 34.6 Å². The van der Waals surface area contributed by atoms with E-state index in [4.69, 9.17) is 8.83 Å². The molecule has 0 fully saturated rings. The highest BCUT2D eigenvalue weighted by atomic mass is 16.4. The van der Waals surface area contributed by atoms with Crippen molar-refractivity contribution >= 4 is 22.6 Å². The van der Waals surface area contributed by atoms with Gasteiger partial charge >= 0.3 is 0 Å². The van der Waals surface area contributed by atoms with Crippen LogP contribution in [-0.4, -0.2) is 29.9 Å². The maximum absolute atomic E-state index is 5.82. The number of hydrogen-bond donors (Lipinski definition) is 0. The quantitative estimate of drug-likeness (QED) is 0.553.